The van der Waals surface area contributed by atoms with E-state index in [4.69, 9.17) is 4.74 Å². The van der Waals surface area contributed by atoms with Crippen molar-refractivity contribution in [1.29, 1.82) is 0 Å². The highest BCUT2D eigenvalue weighted by atomic mass is 16.5. The molecule has 4 aromatic rings. The van der Waals surface area contributed by atoms with E-state index in [1.165, 1.54) is 0 Å². The van der Waals surface area contributed by atoms with E-state index < -0.39 is 0 Å². The van der Waals surface area contributed by atoms with Gasteiger partial charge >= 0.3 is 0 Å². The summed E-state index contributed by atoms with van der Waals surface area (Å²) >= 11 is 0. The lowest BCUT2D eigenvalue weighted by Crippen LogP contribution is -2.27. The number of nitrogens with one attached hydrogen (secondary N) is 1. The lowest BCUT2D eigenvalue weighted by molar-refractivity contribution is 0.102. The first-order chi connectivity index (χ1) is 15.7. The molecule has 0 saturated heterocycles. The number of ether oxygens (including phenoxy) is 1. The van der Waals surface area contributed by atoms with Gasteiger partial charge in [0.05, 0.1) is 17.2 Å². The molecule has 2 aromatic carbocycles. The number of carbonyl (C=O) groups excluding carboxylic acids is 1. The Kier molecular flexibility index (Phi) is 6.77. The Balaban J connectivity index is 1.51. The van der Waals surface area contributed by atoms with Gasteiger partial charge < -0.3 is 14.2 Å². The Bertz CT molecular complexity index is 1170. The molecule has 0 atom stereocenters. The smallest absolute Gasteiger partial charge is 0.257 e. The number of anilines is 1. The molecule has 0 radical (unpaired) electrons. The SMILES string of the molecule is CCN(CC)CCn1c(NC(=O)c2ccc(Oc3cccnc3)cc2)nc2ccccc21. The largest absolute Gasteiger partial charge is 0.456 e. The number of carbonyl (C=O) groups is 1. The second kappa shape index (κ2) is 10.1. The van der Waals surface area contributed by atoms with Gasteiger partial charge in [0.2, 0.25) is 5.95 Å². The van der Waals surface area contributed by atoms with Gasteiger partial charge in [0.25, 0.3) is 5.91 Å². The number of aromatic nitrogens is 3. The van der Waals surface area contributed by atoms with E-state index in [0.717, 1.165) is 37.2 Å². The summed E-state index contributed by atoms with van der Waals surface area (Å²) in [5.41, 5.74) is 2.41. The summed E-state index contributed by atoms with van der Waals surface area (Å²) in [5.74, 6) is 1.63. The third-order valence-corrected chi connectivity index (χ3v) is 5.40. The fourth-order valence-corrected chi connectivity index (χ4v) is 3.57. The van der Waals surface area contributed by atoms with Crippen LogP contribution in [0, 0.1) is 0 Å². The zero-order valence-electron chi connectivity index (χ0n) is 18.4. The van der Waals surface area contributed by atoms with Gasteiger partial charge in [0, 0.05) is 24.8 Å². The summed E-state index contributed by atoms with van der Waals surface area (Å²) in [6.45, 7) is 7.91. The molecule has 0 unspecified atom stereocenters. The molecule has 7 nitrogen and oxygen atoms in total. The molecule has 0 saturated carbocycles. The zero-order valence-corrected chi connectivity index (χ0v) is 18.4. The number of imidazole rings is 1. The number of benzene rings is 2. The van der Waals surface area contributed by atoms with Crippen molar-refractivity contribution in [2.45, 2.75) is 20.4 Å². The van der Waals surface area contributed by atoms with Crippen molar-refractivity contribution in [1.82, 2.24) is 19.4 Å². The number of rotatable bonds is 9. The van der Waals surface area contributed by atoms with E-state index in [1.807, 2.05) is 36.4 Å². The molecule has 2 aromatic heterocycles. The quantitative estimate of drug-likeness (QED) is 0.413. The Morgan fingerprint density at radius 1 is 1.00 bits per heavy atom. The summed E-state index contributed by atoms with van der Waals surface area (Å²) < 4.78 is 7.83. The fourth-order valence-electron chi connectivity index (χ4n) is 3.57. The van der Waals surface area contributed by atoms with Crippen LogP contribution in [0.15, 0.2) is 73.1 Å². The minimum absolute atomic E-state index is 0.211. The van der Waals surface area contributed by atoms with Gasteiger partial charge in [-0.3, -0.25) is 15.1 Å². The van der Waals surface area contributed by atoms with Gasteiger partial charge in [0.1, 0.15) is 11.5 Å². The summed E-state index contributed by atoms with van der Waals surface area (Å²) in [7, 11) is 0. The van der Waals surface area contributed by atoms with Crippen molar-refractivity contribution < 1.29 is 9.53 Å². The van der Waals surface area contributed by atoms with Crippen molar-refractivity contribution in [3.63, 3.8) is 0 Å². The van der Waals surface area contributed by atoms with Crippen molar-refractivity contribution in [2.24, 2.45) is 0 Å². The van der Waals surface area contributed by atoms with Crippen molar-refractivity contribution in [2.75, 3.05) is 25.0 Å². The summed E-state index contributed by atoms with van der Waals surface area (Å²) in [5, 5.41) is 2.99. The number of hydrogen-bond acceptors (Lipinski definition) is 5. The first-order valence-corrected chi connectivity index (χ1v) is 10.8. The maximum Gasteiger partial charge on any atom is 0.257 e. The molecule has 0 aliphatic carbocycles. The van der Waals surface area contributed by atoms with Crippen LogP contribution in [0.2, 0.25) is 0 Å². The molecule has 0 aliphatic rings. The van der Waals surface area contributed by atoms with Gasteiger partial charge in [-0.25, -0.2) is 4.98 Å². The lowest BCUT2D eigenvalue weighted by Gasteiger charge is -2.19. The third kappa shape index (κ3) is 4.95. The molecule has 0 spiro atoms. The number of nitrogens with zero attached hydrogens (tertiary/aromatic N) is 4. The molecule has 2 heterocycles. The van der Waals surface area contributed by atoms with E-state index in [9.17, 15) is 4.79 Å². The van der Waals surface area contributed by atoms with Gasteiger partial charge in [-0.15, -0.1) is 0 Å². The number of para-hydroxylation sites is 2. The van der Waals surface area contributed by atoms with E-state index in [1.54, 1.807) is 36.7 Å². The van der Waals surface area contributed by atoms with Crippen LogP contribution in [-0.2, 0) is 6.54 Å². The molecular formula is C25H27N5O2. The number of likely N-dealkylation sites (N-methyl/N-ethyl adjacent to an activating group) is 1. The average molecular weight is 430 g/mol. The highest BCUT2D eigenvalue weighted by molar-refractivity contribution is 6.04. The number of fused-ring (bicyclic) bond motifs is 1. The maximum absolute atomic E-state index is 12.9. The first-order valence-electron chi connectivity index (χ1n) is 10.8. The van der Waals surface area contributed by atoms with E-state index in [2.05, 4.69) is 38.6 Å². The van der Waals surface area contributed by atoms with Crippen molar-refractivity contribution >= 4 is 22.9 Å². The fraction of sp³-hybridized carbons (Fsp3) is 0.240. The normalized spacial score (nSPS) is 11.1. The van der Waals surface area contributed by atoms with Gasteiger partial charge in [-0.2, -0.15) is 0 Å². The Labute approximate surface area is 187 Å². The molecule has 32 heavy (non-hydrogen) atoms. The summed E-state index contributed by atoms with van der Waals surface area (Å²) in [4.78, 5) is 24.0. The predicted octanol–water partition coefficient (Wildman–Crippen LogP) is 4.82. The third-order valence-electron chi connectivity index (χ3n) is 5.40. The molecule has 0 fully saturated rings. The summed E-state index contributed by atoms with van der Waals surface area (Å²) in [6, 6.07) is 18.6. The topological polar surface area (TPSA) is 72.3 Å². The molecule has 4 rings (SSSR count). The van der Waals surface area contributed by atoms with Crippen molar-refractivity contribution in [3.05, 3.63) is 78.6 Å². The zero-order chi connectivity index (χ0) is 22.3. The van der Waals surface area contributed by atoms with Crippen LogP contribution < -0.4 is 10.1 Å². The van der Waals surface area contributed by atoms with E-state index in [0.29, 0.717) is 23.0 Å². The molecule has 7 heteroatoms. The molecule has 1 N–H and O–H groups in total. The van der Waals surface area contributed by atoms with Crippen LogP contribution >= 0.6 is 0 Å². The maximum atomic E-state index is 12.9. The predicted molar refractivity (Wildman–Crippen MR) is 126 cm³/mol. The molecule has 164 valence electrons. The van der Waals surface area contributed by atoms with Crippen LogP contribution in [-0.4, -0.2) is 45.0 Å². The number of pyridine rings is 1. The minimum Gasteiger partial charge on any atom is -0.456 e. The van der Waals surface area contributed by atoms with Crippen LogP contribution in [0.1, 0.15) is 24.2 Å². The number of amides is 1. The first kappa shape index (κ1) is 21.5. The van der Waals surface area contributed by atoms with Crippen molar-refractivity contribution in [3.8, 4) is 11.5 Å². The van der Waals surface area contributed by atoms with Gasteiger partial charge in [0.15, 0.2) is 0 Å². The minimum atomic E-state index is -0.211. The van der Waals surface area contributed by atoms with Gasteiger partial charge in [-0.1, -0.05) is 26.0 Å². The Morgan fingerprint density at radius 3 is 2.50 bits per heavy atom. The Hall–Kier alpha value is -3.71. The van der Waals surface area contributed by atoms with E-state index >= 15 is 0 Å². The lowest BCUT2D eigenvalue weighted by atomic mass is 10.2. The highest BCUT2D eigenvalue weighted by Gasteiger charge is 2.15. The van der Waals surface area contributed by atoms with Crippen LogP contribution in [0.25, 0.3) is 11.0 Å². The molecule has 1 amide bonds. The summed E-state index contributed by atoms with van der Waals surface area (Å²) in [6.07, 6.45) is 3.33. The van der Waals surface area contributed by atoms with Gasteiger partial charge in [-0.05, 0) is 61.6 Å². The highest BCUT2D eigenvalue weighted by Crippen LogP contribution is 2.22. The average Bonchev–Trinajstić information content (AvgIpc) is 3.18. The molecule has 0 aliphatic heterocycles. The van der Waals surface area contributed by atoms with E-state index in [-0.39, 0.29) is 5.91 Å². The Morgan fingerprint density at radius 2 is 1.78 bits per heavy atom. The van der Waals surface area contributed by atoms with Crippen LogP contribution in [0.5, 0.6) is 11.5 Å². The second-order valence-electron chi connectivity index (χ2n) is 7.37. The second-order valence-corrected chi connectivity index (χ2v) is 7.37. The number of hydrogen-bond donors (Lipinski definition) is 1. The molecule has 0 bridgehead atoms. The molecular weight excluding hydrogens is 402 g/mol. The van der Waals surface area contributed by atoms with Crippen LogP contribution in [0.3, 0.4) is 0 Å². The van der Waals surface area contributed by atoms with Crippen LogP contribution in [0.4, 0.5) is 5.95 Å². The standard InChI is InChI=1S/C25H27N5O2/c1-3-29(4-2)16-17-30-23-10-6-5-9-22(23)27-25(30)28-24(31)19-11-13-20(14-12-19)32-21-8-7-15-26-18-21/h5-15,18H,3-4,16-17H2,1-2H3,(H,27,28,31). The monoisotopic (exact) mass is 429 g/mol.